The van der Waals surface area contributed by atoms with Gasteiger partial charge < -0.3 is 10.1 Å². The third-order valence-corrected chi connectivity index (χ3v) is 6.85. The first-order valence-corrected chi connectivity index (χ1v) is 12.3. The van der Waals surface area contributed by atoms with E-state index < -0.39 is 10.8 Å². The quantitative estimate of drug-likeness (QED) is 0.0912. The smallest absolute Gasteiger partial charge is 0.269 e. The summed E-state index contributed by atoms with van der Waals surface area (Å²) in [5.74, 6) is 0.0144. The van der Waals surface area contributed by atoms with Gasteiger partial charge in [-0.2, -0.15) is 5.26 Å². The summed E-state index contributed by atoms with van der Waals surface area (Å²) in [6.45, 7) is 0.228. The van der Waals surface area contributed by atoms with E-state index >= 15 is 0 Å². The first-order valence-electron chi connectivity index (χ1n) is 9.42. The summed E-state index contributed by atoms with van der Waals surface area (Å²) in [7, 11) is 0. The number of benzene rings is 3. The van der Waals surface area contributed by atoms with Crippen molar-refractivity contribution < 1.29 is 14.5 Å². The van der Waals surface area contributed by atoms with Gasteiger partial charge in [-0.15, -0.1) is 0 Å². The van der Waals surface area contributed by atoms with E-state index in [0.29, 0.717) is 17.0 Å². The number of nitro groups is 1. The lowest BCUT2D eigenvalue weighted by Crippen LogP contribution is -2.13. The zero-order valence-corrected chi connectivity index (χ0v) is 22.8. The Morgan fingerprint density at radius 3 is 2.38 bits per heavy atom. The number of rotatable bonds is 7. The number of hydrogen-bond acceptors (Lipinski definition) is 5. The number of carbonyl (C=O) groups excluding carboxylic acids is 1. The second kappa shape index (κ2) is 11.8. The maximum Gasteiger partial charge on any atom is 0.269 e. The minimum absolute atomic E-state index is 0.0130. The topological polar surface area (TPSA) is 105 Å². The molecule has 0 fully saturated rings. The summed E-state index contributed by atoms with van der Waals surface area (Å²) < 4.78 is 7.46. The number of carbonyl (C=O) groups is 1. The van der Waals surface area contributed by atoms with Gasteiger partial charge in [0.05, 0.1) is 27.8 Å². The molecule has 0 aromatic heterocycles. The number of nitro benzene ring substituents is 1. The SMILES string of the molecule is N#C/C(=C/c1cc(I)c(OCc2ccc([N+](=O)[O-])cc2)c(I)c1)C(=O)Nc1cccc(Cl)c1Cl. The molecule has 11 heteroatoms. The van der Waals surface area contributed by atoms with Crippen molar-refractivity contribution in [3.8, 4) is 11.8 Å². The van der Waals surface area contributed by atoms with Crippen LogP contribution in [0.2, 0.25) is 10.0 Å². The molecule has 34 heavy (non-hydrogen) atoms. The van der Waals surface area contributed by atoms with Crippen LogP contribution in [-0.4, -0.2) is 10.8 Å². The molecule has 0 aliphatic rings. The number of ether oxygens (including phenoxy) is 1. The maximum atomic E-state index is 12.6. The summed E-state index contributed by atoms with van der Waals surface area (Å²) in [5.41, 5.74) is 1.63. The van der Waals surface area contributed by atoms with Gasteiger partial charge >= 0.3 is 0 Å². The summed E-state index contributed by atoms with van der Waals surface area (Å²) in [4.78, 5) is 22.9. The molecule has 0 unspecified atom stereocenters. The Morgan fingerprint density at radius 2 is 1.79 bits per heavy atom. The molecule has 3 aromatic carbocycles. The highest BCUT2D eigenvalue weighted by atomic mass is 127. The van der Waals surface area contributed by atoms with E-state index in [4.69, 9.17) is 27.9 Å². The number of nitrogens with one attached hydrogen (secondary N) is 1. The molecule has 1 N–H and O–H groups in total. The number of halogens is 4. The van der Waals surface area contributed by atoms with Crippen LogP contribution in [-0.2, 0) is 11.4 Å². The molecule has 3 rings (SSSR count). The van der Waals surface area contributed by atoms with Crippen molar-refractivity contribution in [1.82, 2.24) is 0 Å². The predicted octanol–water partition coefficient (Wildman–Crippen LogP) is 7.24. The summed E-state index contributed by atoms with van der Waals surface area (Å²) in [6, 6.07) is 16.4. The van der Waals surface area contributed by atoms with Crippen molar-refractivity contribution in [2.45, 2.75) is 6.61 Å². The molecule has 3 aromatic rings. The number of amides is 1. The number of anilines is 1. The Kier molecular flexibility index (Phi) is 9.12. The highest BCUT2D eigenvalue weighted by Crippen LogP contribution is 2.32. The summed E-state index contributed by atoms with van der Waals surface area (Å²) in [5, 5.41) is 23.4. The van der Waals surface area contributed by atoms with Crippen molar-refractivity contribution in [3.05, 3.63) is 98.6 Å². The van der Waals surface area contributed by atoms with E-state index in [0.717, 1.165) is 12.7 Å². The molecular weight excluding hydrogens is 707 g/mol. The van der Waals surface area contributed by atoms with Crippen LogP contribution in [0.1, 0.15) is 11.1 Å². The molecule has 172 valence electrons. The molecule has 0 bridgehead atoms. The fraction of sp³-hybridized carbons (Fsp3) is 0.0435. The zero-order chi connectivity index (χ0) is 24.8. The van der Waals surface area contributed by atoms with Crippen LogP contribution in [0.25, 0.3) is 6.08 Å². The van der Waals surface area contributed by atoms with Gasteiger partial charge in [-0.1, -0.05) is 29.3 Å². The largest absolute Gasteiger partial charge is 0.487 e. The van der Waals surface area contributed by atoms with Crippen LogP contribution < -0.4 is 10.1 Å². The van der Waals surface area contributed by atoms with Gasteiger partial charge in [0, 0.05) is 12.1 Å². The molecular formula is C23H13Cl2I2N3O4. The van der Waals surface area contributed by atoms with Gasteiger partial charge in [0.25, 0.3) is 11.6 Å². The molecule has 0 radical (unpaired) electrons. The van der Waals surface area contributed by atoms with E-state index in [-0.39, 0.29) is 27.9 Å². The van der Waals surface area contributed by atoms with E-state index in [2.05, 4.69) is 50.5 Å². The summed E-state index contributed by atoms with van der Waals surface area (Å²) >= 11 is 16.3. The van der Waals surface area contributed by atoms with Gasteiger partial charge in [-0.25, -0.2) is 0 Å². The lowest BCUT2D eigenvalue weighted by Gasteiger charge is -2.12. The molecule has 7 nitrogen and oxygen atoms in total. The van der Waals surface area contributed by atoms with Crippen molar-refractivity contribution >= 4 is 91.7 Å². The van der Waals surface area contributed by atoms with Gasteiger partial charge in [0.15, 0.2) is 0 Å². The van der Waals surface area contributed by atoms with E-state index in [1.807, 2.05) is 6.07 Å². The Balaban J connectivity index is 1.76. The normalized spacial score (nSPS) is 11.0. The lowest BCUT2D eigenvalue weighted by molar-refractivity contribution is -0.384. The second-order valence-electron chi connectivity index (χ2n) is 6.75. The molecule has 1 amide bonds. The number of hydrogen-bond donors (Lipinski definition) is 1. The molecule has 0 atom stereocenters. The first kappa shape index (κ1) is 26.2. The minimum Gasteiger partial charge on any atom is -0.487 e. The molecule has 0 aliphatic carbocycles. The van der Waals surface area contributed by atoms with Gasteiger partial charge in [-0.05, 0) is 98.8 Å². The number of non-ortho nitro benzene ring substituents is 1. The van der Waals surface area contributed by atoms with Crippen LogP contribution in [0.4, 0.5) is 11.4 Å². The molecule has 0 heterocycles. The van der Waals surface area contributed by atoms with Crippen LogP contribution in [0.3, 0.4) is 0 Å². The van der Waals surface area contributed by atoms with Crippen LogP contribution in [0, 0.1) is 28.6 Å². The van der Waals surface area contributed by atoms with Crippen LogP contribution >= 0.6 is 68.4 Å². The third kappa shape index (κ3) is 6.59. The van der Waals surface area contributed by atoms with E-state index in [1.54, 1.807) is 42.5 Å². The van der Waals surface area contributed by atoms with Crippen LogP contribution in [0.15, 0.2) is 60.2 Å². The average molecular weight is 720 g/mol. The molecule has 0 spiro atoms. The molecule has 0 saturated carbocycles. The van der Waals surface area contributed by atoms with Crippen LogP contribution in [0.5, 0.6) is 5.75 Å². The van der Waals surface area contributed by atoms with Crippen molar-refractivity contribution in [2.24, 2.45) is 0 Å². The Morgan fingerprint density at radius 1 is 1.15 bits per heavy atom. The standard InChI is InChI=1S/C23H13Cl2I2N3O4/c24-17-2-1-3-20(21(17)25)29-23(31)15(11-28)8-14-9-18(26)22(19(27)10-14)34-12-13-4-6-16(7-5-13)30(32)33/h1-10H,12H2,(H,29,31)/b15-8-. The maximum absolute atomic E-state index is 12.6. The average Bonchev–Trinajstić information content (AvgIpc) is 2.80. The lowest BCUT2D eigenvalue weighted by atomic mass is 10.1. The Hall–Kier alpha value is -2.40. The van der Waals surface area contributed by atoms with Gasteiger partial charge in [0.1, 0.15) is 24.0 Å². The van der Waals surface area contributed by atoms with E-state index in [9.17, 15) is 20.2 Å². The Labute approximate surface area is 232 Å². The van der Waals surface area contributed by atoms with E-state index in [1.165, 1.54) is 18.2 Å². The van der Waals surface area contributed by atoms with Crippen molar-refractivity contribution in [3.63, 3.8) is 0 Å². The van der Waals surface area contributed by atoms with Crippen molar-refractivity contribution in [1.29, 1.82) is 5.26 Å². The number of nitriles is 1. The third-order valence-electron chi connectivity index (χ3n) is 4.43. The highest BCUT2D eigenvalue weighted by Gasteiger charge is 2.15. The zero-order valence-electron chi connectivity index (χ0n) is 17.0. The fourth-order valence-electron chi connectivity index (χ4n) is 2.78. The highest BCUT2D eigenvalue weighted by molar-refractivity contribution is 14.1. The monoisotopic (exact) mass is 719 g/mol. The van der Waals surface area contributed by atoms with Gasteiger partial charge in [-0.3, -0.25) is 14.9 Å². The minimum atomic E-state index is -0.616. The molecule has 0 aliphatic heterocycles. The van der Waals surface area contributed by atoms with Crippen molar-refractivity contribution in [2.75, 3.05) is 5.32 Å². The number of nitrogens with zero attached hydrogens (tertiary/aromatic N) is 2. The first-order chi connectivity index (χ1) is 16.2. The predicted molar refractivity (Wildman–Crippen MR) is 148 cm³/mol. The summed E-state index contributed by atoms with van der Waals surface area (Å²) in [6.07, 6.45) is 1.47. The Bertz CT molecular complexity index is 1320. The second-order valence-corrected chi connectivity index (χ2v) is 9.86. The fourth-order valence-corrected chi connectivity index (χ4v) is 5.25. The molecule has 0 saturated heterocycles. The van der Waals surface area contributed by atoms with Gasteiger partial charge in [0.2, 0.25) is 0 Å².